The molecule has 1 aliphatic rings. The molecule has 0 atom stereocenters. The van der Waals surface area contributed by atoms with E-state index in [0.717, 1.165) is 25.9 Å². The van der Waals surface area contributed by atoms with Crippen LogP contribution in [-0.2, 0) is 16.4 Å². The zero-order chi connectivity index (χ0) is 19.1. The number of hydrogen-bond acceptors (Lipinski definition) is 4. The summed E-state index contributed by atoms with van der Waals surface area (Å²) in [4.78, 5) is 2.68. The lowest BCUT2D eigenvalue weighted by molar-refractivity contribution is 0.340. The summed E-state index contributed by atoms with van der Waals surface area (Å²) in [5.41, 5.74) is 2.52. The number of aryl methyl sites for hydroxylation is 1. The molecule has 2 aromatic carbocycles. The molecule has 0 spiro atoms. The number of hydrogen-bond donors (Lipinski definition) is 1. The number of nitrogens with one attached hydrogen (secondary N) is 1. The van der Waals surface area contributed by atoms with Gasteiger partial charge in [-0.05, 0) is 74.6 Å². The Morgan fingerprint density at radius 2 is 1.67 bits per heavy atom. The monoisotopic (exact) mass is 388 g/mol. The van der Waals surface area contributed by atoms with E-state index < -0.39 is 10.0 Å². The van der Waals surface area contributed by atoms with E-state index in [1.54, 1.807) is 24.3 Å². The van der Waals surface area contributed by atoms with Gasteiger partial charge in [0.15, 0.2) is 0 Å². The first-order valence-corrected chi connectivity index (χ1v) is 11.1. The zero-order valence-electron chi connectivity index (χ0n) is 15.9. The number of ether oxygens (including phenoxy) is 1. The minimum absolute atomic E-state index is 0.265. The molecule has 0 unspecified atom stereocenters. The predicted molar refractivity (Wildman–Crippen MR) is 109 cm³/mol. The average Bonchev–Trinajstić information content (AvgIpc) is 3.21. The fourth-order valence-electron chi connectivity index (χ4n) is 3.31. The molecule has 3 rings (SSSR count). The van der Waals surface area contributed by atoms with E-state index in [-0.39, 0.29) is 4.90 Å². The van der Waals surface area contributed by atoms with Crippen LogP contribution in [-0.4, -0.2) is 34.7 Å². The van der Waals surface area contributed by atoms with Gasteiger partial charge in [-0.2, -0.15) is 0 Å². The molecule has 0 aromatic heterocycles. The van der Waals surface area contributed by atoms with Crippen molar-refractivity contribution in [3.63, 3.8) is 0 Å². The van der Waals surface area contributed by atoms with Crippen molar-refractivity contribution in [1.82, 2.24) is 4.72 Å². The molecule has 2 aromatic rings. The molecule has 1 saturated heterocycles. The number of rotatable bonds is 9. The predicted octanol–water partition coefficient (Wildman–Crippen LogP) is 3.60. The summed E-state index contributed by atoms with van der Waals surface area (Å²) < 4.78 is 32.7. The van der Waals surface area contributed by atoms with Crippen LogP contribution in [0.15, 0.2) is 53.4 Å². The Morgan fingerprint density at radius 3 is 2.30 bits per heavy atom. The van der Waals surface area contributed by atoms with Crippen LogP contribution >= 0.6 is 0 Å². The largest absolute Gasteiger partial charge is 0.494 e. The van der Waals surface area contributed by atoms with E-state index in [0.29, 0.717) is 18.9 Å². The van der Waals surface area contributed by atoms with Crippen molar-refractivity contribution in [1.29, 1.82) is 0 Å². The molecular weight excluding hydrogens is 360 g/mol. The van der Waals surface area contributed by atoms with Gasteiger partial charge in [0, 0.05) is 25.3 Å². The van der Waals surface area contributed by atoms with Crippen molar-refractivity contribution in [2.45, 2.75) is 37.5 Å². The van der Waals surface area contributed by atoms with Gasteiger partial charge in [0.2, 0.25) is 10.0 Å². The normalized spacial score (nSPS) is 14.5. The van der Waals surface area contributed by atoms with Gasteiger partial charge in [-0.3, -0.25) is 0 Å². The summed E-state index contributed by atoms with van der Waals surface area (Å²) in [5, 5.41) is 0. The topological polar surface area (TPSA) is 58.6 Å². The smallest absolute Gasteiger partial charge is 0.240 e. The van der Waals surface area contributed by atoms with Crippen LogP contribution in [0.4, 0.5) is 5.69 Å². The second-order valence-corrected chi connectivity index (χ2v) is 8.53. The van der Waals surface area contributed by atoms with Gasteiger partial charge in [-0.1, -0.05) is 12.1 Å². The lowest BCUT2D eigenvalue weighted by atomic mass is 10.1. The van der Waals surface area contributed by atoms with E-state index in [1.807, 2.05) is 6.92 Å². The van der Waals surface area contributed by atoms with Crippen molar-refractivity contribution < 1.29 is 13.2 Å². The maximum absolute atomic E-state index is 12.3. The third kappa shape index (κ3) is 5.47. The first-order valence-electron chi connectivity index (χ1n) is 9.65. The van der Waals surface area contributed by atoms with Gasteiger partial charge in [0.1, 0.15) is 5.75 Å². The summed E-state index contributed by atoms with van der Waals surface area (Å²) in [5.74, 6) is 0.675. The third-order valence-electron chi connectivity index (χ3n) is 4.79. The summed E-state index contributed by atoms with van der Waals surface area (Å²) in [6.45, 7) is 5.16. The van der Waals surface area contributed by atoms with Crippen molar-refractivity contribution in [3.05, 3.63) is 54.1 Å². The average molecular weight is 389 g/mol. The summed E-state index contributed by atoms with van der Waals surface area (Å²) in [6.07, 6.45) is 4.16. The van der Waals surface area contributed by atoms with Crippen molar-refractivity contribution in [3.8, 4) is 5.75 Å². The molecule has 1 N–H and O–H groups in total. The second kappa shape index (κ2) is 9.24. The van der Waals surface area contributed by atoms with Crippen LogP contribution in [0.5, 0.6) is 5.75 Å². The van der Waals surface area contributed by atoms with Gasteiger partial charge in [-0.15, -0.1) is 0 Å². The fraction of sp³-hybridized carbons (Fsp3) is 0.429. The van der Waals surface area contributed by atoms with Crippen LogP contribution in [0.3, 0.4) is 0 Å². The lowest BCUT2D eigenvalue weighted by Gasteiger charge is -2.17. The van der Waals surface area contributed by atoms with Crippen molar-refractivity contribution in [2.24, 2.45) is 0 Å². The van der Waals surface area contributed by atoms with Crippen LogP contribution in [0, 0.1) is 0 Å². The zero-order valence-corrected chi connectivity index (χ0v) is 16.7. The van der Waals surface area contributed by atoms with Gasteiger partial charge >= 0.3 is 0 Å². The number of benzene rings is 2. The summed E-state index contributed by atoms with van der Waals surface area (Å²) in [7, 11) is -3.48. The van der Waals surface area contributed by atoms with E-state index >= 15 is 0 Å². The molecule has 27 heavy (non-hydrogen) atoms. The molecule has 146 valence electrons. The van der Waals surface area contributed by atoms with Gasteiger partial charge < -0.3 is 9.64 Å². The molecule has 1 fully saturated rings. The van der Waals surface area contributed by atoms with E-state index in [2.05, 4.69) is 33.9 Å². The highest BCUT2D eigenvalue weighted by atomic mass is 32.2. The van der Waals surface area contributed by atoms with Crippen molar-refractivity contribution >= 4 is 15.7 Å². The Kier molecular flexibility index (Phi) is 6.74. The maximum Gasteiger partial charge on any atom is 0.240 e. The van der Waals surface area contributed by atoms with Crippen LogP contribution in [0.1, 0.15) is 31.7 Å². The maximum atomic E-state index is 12.3. The number of sulfonamides is 1. The quantitative estimate of drug-likeness (QED) is 0.667. The SMILES string of the molecule is CCOc1ccc(S(=O)(=O)NCCCc2ccc(N3CCCC3)cc2)cc1. The molecule has 0 amide bonds. The molecule has 5 nitrogen and oxygen atoms in total. The van der Waals surface area contributed by atoms with Crippen molar-refractivity contribution in [2.75, 3.05) is 31.1 Å². The summed E-state index contributed by atoms with van der Waals surface area (Å²) in [6, 6.07) is 15.1. The highest BCUT2D eigenvalue weighted by Crippen LogP contribution is 2.21. The number of nitrogens with zero attached hydrogens (tertiary/aromatic N) is 1. The molecule has 0 aliphatic carbocycles. The fourth-order valence-corrected chi connectivity index (χ4v) is 4.39. The van der Waals surface area contributed by atoms with Crippen LogP contribution in [0.2, 0.25) is 0 Å². The molecule has 1 aliphatic heterocycles. The first-order chi connectivity index (χ1) is 13.1. The minimum Gasteiger partial charge on any atom is -0.494 e. The molecular formula is C21H28N2O3S. The van der Waals surface area contributed by atoms with Gasteiger partial charge in [-0.25, -0.2) is 13.1 Å². The molecule has 1 heterocycles. The molecule has 0 radical (unpaired) electrons. The second-order valence-electron chi connectivity index (χ2n) is 6.77. The Hall–Kier alpha value is -2.05. The van der Waals surface area contributed by atoms with E-state index in [1.165, 1.54) is 24.1 Å². The van der Waals surface area contributed by atoms with Gasteiger partial charge in [0.05, 0.1) is 11.5 Å². The highest BCUT2D eigenvalue weighted by Gasteiger charge is 2.14. The third-order valence-corrected chi connectivity index (χ3v) is 6.26. The molecule has 0 bridgehead atoms. The Bertz CT molecular complexity index is 812. The van der Waals surface area contributed by atoms with Gasteiger partial charge in [0.25, 0.3) is 0 Å². The lowest BCUT2D eigenvalue weighted by Crippen LogP contribution is -2.25. The Balaban J connectivity index is 1.46. The minimum atomic E-state index is -3.48. The summed E-state index contributed by atoms with van der Waals surface area (Å²) >= 11 is 0. The Morgan fingerprint density at radius 1 is 1.00 bits per heavy atom. The standard InChI is InChI=1S/C21H28N2O3S/c1-2-26-20-11-13-21(14-12-20)27(24,25)22-15-5-6-18-7-9-19(10-8-18)23-16-3-4-17-23/h7-14,22H,2-6,15-17H2,1H3. The van der Waals surface area contributed by atoms with Crippen LogP contribution < -0.4 is 14.4 Å². The Labute approximate surface area is 162 Å². The highest BCUT2D eigenvalue weighted by molar-refractivity contribution is 7.89. The van der Waals surface area contributed by atoms with E-state index in [9.17, 15) is 8.42 Å². The molecule has 6 heteroatoms. The van der Waals surface area contributed by atoms with Crippen LogP contribution in [0.25, 0.3) is 0 Å². The molecule has 0 saturated carbocycles. The van der Waals surface area contributed by atoms with E-state index in [4.69, 9.17) is 4.74 Å². The number of anilines is 1. The first kappa shape index (κ1) is 19.7.